The molecule has 0 unspecified atom stereocenters. The molecule has 0 radical (unpaired) electrons. The van der Waals surface area contributed by atoms with E-state index >= 15 is 0 Å². The number of rotatable bonds is 8. The second-order valence-electron chi connectivity index (χ2n) is 8.05. The van der Waals surface area contributed by atoms with Gasteiger partial charge in [-0.3, -0.25) is 4.99 Å². The van der Waals surface area contributed by atoms with E-state index in [4.69, 9.17) is 10.7 Å². The maximum atomic E-state index is 6.07. The van der Waals surface area contributed by atoms with Crippen molar-refractivity contribution in [3.8, 4) is 0 Å². The van der Waals surface area contributed by atoms with Crippen molar-refractivity contribution in [2.75, 3.05) is 5.73 Å². The molecule has 0 amide bonds. The molecule has 3 rings (SSSR count). The second kappa shape index (κ2) is 10.2. The Morgan fingerprint density at radius 3 is 2.07 bits per heavy atom. The van der Waals surface area contributed by atoms with Crippen molar-refractivity contribution in [2.45, 2.75) is 59.8 Å². The fraction of sp³-hybridized carbons (Fsp3) is 0.321. The lowest BCUT2D eigenvalue weighted by molar-refractivity contribution is 0.990. The van der Waals surface area contributed by atoms with E-state index in [-0.39, 0.29) is 0 Å². The molecule has 2 N–H and O–H groups in total. The minimum atomic E-state index is 0.889. The largest absolute Gasteiger partial charge is 0.399 e. The van der Waals surface area contributed by atoms with Crippen molar-refractivity contribution in [3.05, 3.63) is 94.0 Å². The van der Waals surface area contributed by atoms with Crippen LogP contribution in [0.25, 0.3) is 0 Å². The molecular formula is C28H34N2. The number of benzene rings is 3. The van der Waals surface area contributed by atoms with Gasteiger partial charge in [0.05, 0.1) is 5.69 Å². The summed E-state index contributed by atoms with van der Waals surface area (Å²) >= 11 is 0. The number of aliphatic imine (C=N–C) groups is 1. The Morgan fingerprint density at radius 1 is 0.800 bits per heavy atom. The molecule has 0 fully saturated rings. The van der Waals surface area contributed by atoms with E-state index in [1.165, 1.54) is 39.1 Å². The van der Waals surface area contributed by atoms with Crippen molar-refractivity contribution < 1.29 is 0 Å². The Labute approximate surface area is 181 Å². The normalized spacial score (nSPS) is 11.7. The van der Waals surface area contributed by atoms with Crippen molar-refractivity contribution in [1.29, 1.82) is 0 Å². The van der Waals surface area contributed by atoms with Crippen molar-refractivity contribution in [3.63, 3.8) is 0 Å². The first-order valence-corrected chi connectivity index (χ1v) is 11.2. The summed E-state index contributed by atoms with van der Waals surface area (Å²) in [5, 5.41) is 0. The molecule has 3 aromatic carbocycles. The molecule has 2 heteroatoms. The lowest BCUT2D eigenvalue weighted by atomic mass is 9.98. The van der Waals surface area contributed by atoms with Gasteiger partial charge in [0.15, 0.2) is 0 Å². The van der Waals surface area contributed by atoms with E-state index in [1.807, 2.05) is 6.07 Å². The number of nitrogens with zero attached hydrogens (tertiary/aromatic N) is 1. The van der Waals surface area contributed by atoms with Crippen LogP contribution < -0.4 is 5.73 Å². The Kier molecular flexibility index (Phi) is 7.46. The van der Waals surface area contributed by atoms with Gasteiger partial charge in [0.1, 0.15) is 0 Å². The predicted molar refractivity (Wildman–Crippen MR) is 131 cm³/mol. The maximum Gasteiger partial charge on any atom is 0.0665 e. The molecule has 0 aliphatic rings. The van der Waals surface area contributed by atoms with Gasteiger partial charge in [-0.05, 0) is 72.6 Å². The molecule has 0 heterocycles. The van der Waals surface area contributed by atoms with E-state index in [0.717, 1.165) is 43.5 Å². The van der Waals surface area contributed by atoms with E-state index in [2.05, 4.69) is 82.3 Å². The molecule has 0 spiro atoms. The van der Waals surface area contributed by atoms with Crippen LogP contribution in [-0.4, -0.2) is 5.71 Å². The molecule has 156 valence electrons. The summed E-state index contributed by atoms with van der Waals surface area (Å²) in [5.41, 5.74) is 16.9. The molecule has 0 saturated carbocycles. The lowest BCUT2D eigenvalue weighted by Gasteiger charge is -2.12. The minimum Gasteiger partial charge on any atom is -0.399 e. The third-order valence-corrected chi connectivity index (χ3v) is 5.65. The zero-order valence-corrected chi connectivity index (χ0v) is 18.8. The molecule has 0 aromatic heterocycles. The number of hydrogen-bond acceptors (Lipinski definition) is 2. The maximum absolute atomic E-state index is 6.07. The van der Waals surface area contributed by atoms with Gasteiger partial charge in [0.2, 0.25) is 0 Å². The zero-order valence-electron chi connectivity index (χ0n) is 18.8. The van der Waals surface area contributed by atoms with Gasteiger partial charge in [-0.15, -0.1) is 0 Å². The predicted octanol–water partition coefficient (Wildman–Crippen LogP) is 7.21. The number of anilines is 1. The van der Waals surface area contributed by atoms with Crippen molar-refractivity contribution in [1.82, 2.24) is 0 Å². The highest BCUT2D eigenvalue weighted by molar-refractivity contribution is 6.02. The topological polar surface area (TPSA) is 38.4 Å². The summed E-state index contributed by atoms with van der Waals surface area (Å²) in [7, 11) is 0. The van der Waals surface area contributed by atoms with Crippen LogP contribution in [0.2, 0.25) is 0 Å². The molecule has 0 bridgehead atoms. The van der Waals surface area contributed by atoms with Crippen LogP contribution in [-0.2, 0) is 19.3 Å². The van der Waals surface area contributed by atoms with Crippen LogP contribution in [0.15, 0.2) is 65.7 Å². The van der Waals surface area contributed by atoms with E-state index < -0.39 is 0 Å². The smallest absolute Gasteiger partial charge is 0.0665 e. The van der Waals surface area contributed by atoms with Crippen LogP contribution in [0.5, 0.6) is 0 Å². The zero-order chi connectivity index (χ0) is 21.5. The standard InChI is InChI=1S/C28H34N2/c1-5-8-27(25-13-9-20(4)10-14-25)30-28-16-12-22(19-24(28)7-3)17-21-11-15-26(29)23(6-2)18-21/h9-16,18-19H,5-8,17,29H2,1-4H3/b30-27+. The lowest BCUT2D eigenvalue weighted by Crippen LogP contribution is -2.01. The number of aryl methyl sites for hydroxylation is 3. The van der Waals surface area contributed by atoms with Gasteiger partial charge < -0.3 is 5.73 Å². The van der Waals surface area contributed by atoms with E-state index in [9.17, 15) is 0 Å². The van der Waals surface area contributed by atoms with Crippen LogP contribution in [0.4, 0.5) is 11.4 Å². The Bertz CT molecular complexity index is 1010. The molecular weight excluding hydrogens is 364 g/mol. The third-order valence-electron chi connectivity index (χ3n) is 5.65. The van der Waals surface area contributed by atoms with Crippen LogP contribution in [0.1, 0.15) is 67.0 Å². The summed E-state index contributed by atoms with van der Waals surface area (Å²) in [4.78, 5) is 5.11. The molecule has 0 atom stereocenters. The van der Waals surface area contributed by atoms with Crippen molar-refractivity contribution >= 4 is 17.1 Å². The molecule has 3 aromatic rings. The SMILES string of the molecule is CCC/C(=N\c1ccc(Cc2ccc(N)c(CC)c2)cc1CC)c1ccc(C)cc1. The van der Waals surface area contributed by atoms with Gasteiger partial charge in [-0.2, -0.15) is 0 Å². The van der Waals surface area contributed by atoms with Crippen LogP contribution in [0, 0.1) is 6.92 Å². The average Bonchev–Trinajstić information content (AvgIpc) is 2.76. The second-order valence-corrected chi connectivity index (χ2v) is 8.05. The number of nitrogens with two attached hydrogens (primary N) is 1. The highest BCUT2D eigenvalue weighted by Crippen LogP contribution is 2.26. The van der Waals surface area contributed by atoms with Gasteiger partial charge in [0.25, 0.3) is 0 Å². The first-order chi connectivity index (χ1) is 14.5. The molecule has 30 heavy (non-hydrogen) atoms. The van der Waals surface area contributed by atoms with Crippen LogP contribution in [0.3, 0.4) is 0 Å². The third kappa shape index (κ3) is 5.38. The molecule has 0 saturated heterocycles. The number of nitrogen functional groups attached to an aromatic ring is 1. The first-order valence-electron chi connectivity index (χ1n) is 11.2. The van der Waals surface area contributed by atoms with E-state index in [0.29, 0.717) is 0 Å². The summed E-state index contributed by atoms with van der Waals surface area (Å²) in [6, 6.07) is 21.9. The highest BCUT2D eigenvalue weighted by Gasteiger charge is 2.08. The molecule has 0 aliphatic carbocycles. The summed E-state index contributed by atoms with van der Waals surface area (Å²) in [6.45, 7) is 8.70. The Balaban J connectivity index is 1.90. The Hall–Kier alpha value is -2.87. The average molecular weight is 399 g/mol. The quantitative estimate of drug-likeness (QED) is 0.316. The summed E-state index contributed by atoms with van der Waals surface area (Å²) < 4.78 is 0. The minimum absolute atomic E-state index is 0.889. The van der Waals surface area contributed by atoms with Crippen molar-refractivity contribution in [2.24, 2.45) is 4.99 Å². The van der Waals surface area contributed by atoms with Gasteiger partial charge in [0, 0.05) is 11.4 Å². The Morgan fingerprint density at radius 2 is 1.43 bits per heavy atom. The monoisotopic (exact) mass is 398 g/mol. The number of hydrogen-bond donors (Lipinski definition) is 1. The molecule has 0 aliphatic heterocycles. The fourth-order valence-electron chi connectivity index (χ4n) is 3.84. The fourth-order valence-corrected chi connectivity index (χ4v) is 3.84. The summed E-state index contributed by atoms with van der Waals surface area (Å²) in [6.07, 6.45) is 4.93. The first kappa shape index (κ1) is 21.8. The van der Waals surface area contributed by atoms with Gasteiger partial charge in [-0.25, -0.2) is 0 Å². The highest BCUT2D eigenvalue weighted by atomic mass is 14.8. The van der Waals surface area contributed by atoms with Gasteiger partial charge >= 0.3 is 0 Å². The van der Waals surface area contributed by atoms with Gasteiger partial charge in [-0.1, -0.05) is 81.3 Å². The van der Waals surface area contributed by atoms with E-state index in [1.54, 1.807) is 0 Å². The summed E-state index contributed by atoms with van der Waals surface area (Å²) in [5.74, 6) is 0. The van der Waals surface area contributed by atoms with Crippen LogP contribution >= 0.6 is 0 Å². The molecule has 2 nitrogen and oxygen atoms in total.